The van der Waals surface area contributed by atoms with Crippen LogP contribution in [0.4, 0.5) is 23.2 Å². The van der Waals surface area contributed by atoms with Crippen molar-refractivity contribution in [2.24, 2.45) is 0 Å². The molecule has 1 atom stereocenters. The molecule has 0 saturated heterocycles. The van der Waals surface area contributed by atoms with Crippen LogP contribution in [0.15, 0.2) is 42.5 Å². The van der Waals surface area contributed by atoms with Gasteiger partial charge in [-0.15, -0.1) is 0 Å². The summed E-state index contributed by atoms with van der Waals surface area (Å²) in [6.45, 7) is 0.437. The lowest BCUT2D eigenvalue weighted by molar-refractivity contribution is -0.176. The predicted octanol–water partition coefficient (Wildman–Crippen LogP) is 4.89. The van der Waals surface area contributed by atoms with Crippen molar-refractivity contribution in [1.29, 1.82) is 0 Å². The zero-order valence-corrected chi connectivity index (χ0v) is 14.7. The minimum Gasteiger partial charge on any atom is -0.367 e. The standard InChI is InChI=1S/C20H19F4NO2/c1-13-2-5-16-10-17(21)8-9-18(16)25(13)19(26)15-6-3-14(4-7-15)11-27-12-20(22,23)24/h3-4,6-10,13H,2,5,11-12H2,1H3/t13-/m0/s1. The molecule has 0 spiro atoms. The third-order valence-electron chi connectivity index (χ3n) is 4.53. The monoisotopic (exact) mass is 381 g/mol. The molecule has 0 unspecified atom stereocenters. The lowest BCUT2D eigenvalue weighted by Crippen LogP contribution is -2.42. The molecule has 27 heavy (non-hydrogen) atoms. The first-order valence-corrected chi connectivity index (χ1v) is 8.60. The van der Waals surface area contributed by atoms with Gasteiger partial charge in [-0.1, -0.05) is 12.1 Å². The van der Waals surface area contributed by atoms with E-state index in [1.165, 1.54) is 12.1 Å². The van der Waals surface area contributed by atoms with Crippen LogP contribution in [-0.2, 0) is 17.8 Å². The maximum Gasteiger partial charge on any atom is 0.411 e. The molecular weight excluding hydrogens is 362 g/mol. The lowest BCUT2D eigenvalue weighted by Gasteiger charge is -2.35. The van der Waals surface area contributed by atoms with Gasteiger partial charge in [-0.3, -0.25) is 4.79 Å². The van der Waals surface area contributed by atoms with Gasteiger partial charge in [0.15, 0.2) is 0 Å². The van der Waals surface area contributed by atoms with E-state index in [1.54, 1.807) is 35.2 Å². The summed E-state index contributed by atoms with van der Waals surface area (Å²) in [4.78, 5) is 14.6. The van der Waals surface area contributed by atoms with Gasteiger partial charge in [0.2, 0.25) is 0 Å². The zero-order valence-electron chi connectivity index (χ0n) is 14.7. The molecular formula is C20H19F4NO2. The summed E-state index contributed by atoms with van der Waals surface area (Å²) in [5, 5.41) is 0. The zero-order chi connectivity index (χ0) is 19.6. The Kier molecular flexibility index (Phi) is 5.51. The minimum atomic E-state index is -4.37. The molecule has 7 heteroatoms. The number of benzene rings is 2. The Morgan fingerprint density at radius 2 is 1.89 bits per heavy atom. The van der Waals surface area contributed by atoms with E-state index in [9.17, 15) is 22.4 Å². The fourth-order valence-corrected chi connectivity index (χ4v) is 3.20. The van der Waals surface area contributed by atoms with Crippen LogP contribution >= 0.6 is 0 Å². The van der Waals surface area contributed by atoms with E-state index >= 15 is 0 Å². The number of carbonyl (C=O) groups excluding carboxylic acids is 1. The number of rotatable bonds is 4. The van der Waals surface area contributed by atoms with Crippen molar-refractivity contribution >= 4 is 11.6 Å². The van der Waals surface area contributed by atoms with Crippen molar-refractivity contribution in [3.63, 3.8) is 0 Å². The van der Waals surface area contributed by atoms with Crippen LogP contribution in [0.25, 0.3) is 0 Å². The first-order valence-electron chi connectivity index (χ1n) is 8.60. The number of nitrogens with zero attached hydrogens (tertiary/aromatic N) is 1. The highest BCUT2D eigenvalue weighted by Gasteiger charge is 2.29. The number of ether oxygens (including phenoxy) is 1. The van der Waals surface area contributed by atoms with Gasteiger partial charge in [-0.25, -0.2) is 4.39 Å². The molecule has 2 aromatic rings. The summed E-state index contributed by atoms with van der Waals surface area (Å²) in [6, 6.07) is 10.6. The topological polar surface area (TPSA) is 29.5 Å². The van der Waals surface area contributed by atoms with Gasteiger partial charge >= 0.3 is 6.18 Å². The number of alkyl halides is 3. The SMILES string of the molecule is C[C@H]1CCc2cc(F)ccc2N1C(=O)c1ccc(COCC(F)(F)F)cc1. The summed E-state index contributed by atoms with van der Waals surface area (Å²) in [5.41, 5.74) is 2.44. The van der Waals surface area contributed by atoms with E-state index < -0.39 is 12.8 Å². The molecule has 3 nitrogen and oxygen atoms in total. The van der Waals surface area contributed by atoms with Crippen LogP contribution in [0.2, 0.25) is 0 Å². The summed E-state index contributed by atoms with van der Waals surface area (Å²) in [6.07, 6.45) is -2.94. The van der Waals surface area contributed by atoms with Crippen molar-refractivity contribution < 1.29 is 27.1 Å². The molecule has 0 fully saturated rings. The minimum absolute atomic E-state index is 0.0368. The Morgan fingerprint density at radius 3 is 2.56 bits per heavy atom. The summed E-state index contributed by atoms with van der Waals surface area (Å²) >= 11 is 0. The molecule has 0 aliphatic carbocycles. The molecule has 0 bridgehead atoms. The van der Waals surface area contributed by atoms with Crippen LogP contribution in [0.3, 0.4) is 0 Å². The summed E-state index contributed by atoms with van der Waals surface area (Å²) in [7, 11) is 0. The van der Waals surface area contributed by atoms with E-state index in [0.29, 0.717) is 23.2 Å². The molecule has 1 heterocycles. The van der Waals surface area contributed by atoms with Crippen LogP contribution in [-0.4, -0.2) is 24.7 Å². The first kappa shape index (κ1) is 19.4. The van der Waals surface area contributed by atoms with Crippen LogP contribution in [0.5, 0.6) is 0 Å². The van der Waals surface area contributed by atoms with Gasteiger partial charge in [0.05, 0.1) is 6.61 Å². The summed E-state index contributed by atoms with van der Waals surface area (Å²) < 4.78 is 54.5. The smallest absolute Gasteiger partial charge is 0.367 e. The van der Waals surface area contributed by atoms with Crippen LogP contribution in [0.1, 0.15) is 34.8 Å². The average molecular weight is 381 g/mol. The van der Waals surface area contributed by atoms with Gasteiger partial charge in [-0.05, 0) is 61.2 Å². The third-order valence-corrected chi connectivity index (χ3v) is 4.53. The van der Waals surface area contributed by atoms with Gasteiger partial charge in [0, 0.05) is 17.3 Å². The number of halogens is 4. The molecule has 1 amide bonds. The van der Waals surface area contributed by atoms with Crippen molar-refractivity contribution in [2.75, 3.05) is 11.5 Å². The average Bonchev–Trinajstić information content (AvgIpc) is 2.61. The number of aryl methyl sites for hydroxylation is 1. The molecule has 144 valence electrons. The van der Waals surface area contributed by atoms with E-state index in [4.69, 9.17) is 0 Å². The Bertz CT molecular complexity index is 818. The largest absolute Gasteiger partial charge is 0.411 e. The highest BCUT2D eigenvalue weighted by molar-refractivity contribution is 6.07. The Balaban J connectivity index is 1.74. The maximum atomic E-state index is 13.5. The van der Waals surface area contributed by atoms with Crippen LogP contribution in [0, 0.1) is 5.82 Å². The molecule has 2 aromatic carbocycles. The van der Waals surface area contributed by atoms with Gasteiger partial charge in [-0.2, -0.15) is 13.2 Å². The Morgan fingerprint density at radius 1 is 1.19 bits per heavy atom. The van der Waals surface area contributed by atoms with Crippen molar-refractivity contribution in [2.45, 2.75) is 38.6 Å². The Labute approximate surface area is 154 Å². The second-order valence-corrected chi connectivity index (χ2v) is 6.64. The molecule has 0 saturated carbocycles. The van der Waals surface area contributed by atoms with Crippen molar-refractivity contribution in [1.82, 2.24) is 0 Å². The molecule has 0 aromatic heterocycles. The predicted molar refractivity (Wildman–Crippen MR) is 93.1 cm³/mol. The van der Waals surface area contributed by atoms with Crippen molar-refractivity contribution in [3.05, 3.63) is 65.0 Å². The van der Waals surface area contributed by atoms with Gasteiger partial charge < -0.3 is 9.64 Å². The van der Waals surface area contributed by atoms with Crippen LogP contribution < -0.4 is 4.90 Å². The normalized spacial score (nSPS) is 16.9. The number of carbonyl (C=O) groups is 1. The molecule has 1 aliphatic heterocycles. The number of hydrogen-bond donors (Lipinski definition) is 0. The first-order chi connectivity index (χ1) is 12.7. The fourth-order valence-electron chi connectivity index (χ4n) is 3.20. The van der Waals surface area contributed by atoms with E-state index in [0.717, 1.165) is 12.0 Å². The van der Waals surface area contributed by atoms with E-state index in [2.05, 4.69) is 4.74 Å². The Hall–Kier alpha value is -2.41. The second kappa shape index (κ2) is 7.68. The highest BCUT2D eigenvalue weighted by Crippen LogP contribution is 2.32. The molecule has 0 radical (unpaired) electrons. The number of amides is 1. The number of hydrogen-bond acceptors (Lipinski definition) is 2. The molecule has 3 rings (SSSR count). The maximum absolute atomic E-state index is 13.5. The van der Waals surface area contributed by atoms with E-state index in [-0.39, 0.29) is 24.4 Å². The van der Waals surface area contributed by atoms with Crippen molar-refractivity contribution in [3.8, 4) is 0 Å². The van der Waals surface area contributed by atoms with Gasteiger partial charge in [0.25, 0.3) is 5.91 Å². The molecule has 0 N–H and O–H groups in total. The number of anilines is 1. The number of fused-ring (bicyclic) bond motifs is 1. The quantitative estimate of drug-likeness (QED) is 0.706. The van der Waals surface area contributed by atoms with Gasteiger partial charge in [0.1, 0.15) is 12.4 Å². The lowest BCUT2D eigenvalue weighted by atomic mass is 9.95. The van der Waals surface area contributed by atoms with E-state index in [1.807, 2.05) is 6.92 Å². The second-order valence-electron chi connectivity index (χ2n) is 6.64. The third kappa shape index (κ3) is 4.66. The summed E-state index contributed by atoms with van der Waals surface area (Å²) in [5.74, 6) is -0.559. The fraction of sp³-hybridized carbons (Fsp3) is 0.350. The molecule has 1 aliphatic rings. The highest BCUT2D eigenvalue weighted by atomic mass is 19.4.